The molecular formula is C21H28FN5O2. The maximum Gasteiger partial charge on any atom is 0.257 e. The number of carbonyl (C=O) groups is 2. The smallest absolute Gasteiger partial charge is 0.257 e. The van der Waals surface area contributed by atoms with E-state index >= 15 is 0 Å². The van der Waals surface area contributed by atoms with Crippen molar-refractivity contribution in [2.24, 2.45) is 0 Å². The van der Waals surface area contributed by atoms with E-state index in [-0.39, 0.29) is 17.6 Å². The minimum Gasteiger partial charge on any atom is -0.348 e. The highest BCUT2D eigenvalue weighted by Crippen LogP contribution is 2.19. The summed E-state index contributed by atoms with van der Waals surface area (Å²) in [6.07, 6.45) is 3.05. The van der Waals surface area contributed by atoms with Crippen LogP contribution in [0.4, 0.5) is 4.39 Å². The number of nitrogens with zero attached hydrogens (tertiary/aromatic N) is 5. The number of carbonyl (C=O) groups excluding carboxylic acids is 2. The highest BCUT2D eigenvalue weighted by molar-refractivity contribution is 5.95. The largest absolute Gasteiger partial charge is 0.348 e. The van der Waals surface area contributed by atoms with E-state index < -0.39 is 0 Å². The van der Waals surface area contributed by atoms with Crippen molar-refractivity contribution < 1.29 is 14.0 Å². The Hall–Kier alpha value is -2.74. The molecule has 7 nitrogen and oxygen atoms in total. The van der Waals surface area contributed by atoms with Crippen LogP contribution in [0.5, 0.6) is 0 Å². The molecule has 0 unspecified atom stereocenters. The van der Waals surface area contributed by atoms with Gasteiger partial charge in [-0.1, -0.05) is 6.92 Å². The number of rotatable bonds is 5. The Morgan fingerprint density at radius 1 is 1.10 bits per heavy atom. The predicted octanol–water partition coefficient (Wildman–Crippen LogP) is 1.81. The zero-order chi connectivity index (χ0) is 21.0. The van der Waals surface area contributed by atoms with Crippen molar-refractivity contribution >= 4 is 11.8 Å². The lowest BCUT2D eigenvalue weighted by molar-refractivity contribution is -0.129. The first-order valence-corrected chi connectivity index (χ1v) is 9.95. The van der Waals surface area contributed by atoms with E-state index in [9.17, 15) is 14.0 Å². The van der Waals surface area contributed by atoms with E-state index in [0.717, 1.165) is 24.3 Å². The number of amides is 2. The van der Waals surface area contributed by atoms with Crippen LogP contribution in [-0.4, -0.2) is 83.1 Å². The molecule has 1 aliphatic rings. The summed E-state index contributed by atoms with van der Waals surface area (Å²) >= 11 is 0. The lowest BCUT2D eigenvalue weighted by Gasteiger charge is -2.23. The third-order valence-electron chi connectivity index (χ3n) is 5.24. The van der Waals surface area contributed by atoms with E-state index in [1.807, 2.05) is 11.8 Å². The molecule has 0 radical (unpaired) electrons. The van der Waals surface area contributed by atoms with Crippen molar-refractivity contribution in [1.82, 2.24) is 24.5 Å². The molecule has 1 aliphatic heterocycles. The second-order valence-electron chi connectivity index (χ2n) is 7.46. The van der Waals surface area contributed by atoms with Crippen LogP contribution in [0.15, 0.2) is 30.5 Å². The van der Waals surface area contributed by atoms with Crippen LogP contribution in [0.1, 0.15) is 29.4 Å². The van der Waals surface area contributed by atoms with Gasteiger partial charge in [0.25, 0.3) is 5.91 Å². The van der Waals surface area contributed by atoms with E-state index in [1.165, 1.54) is 12.1 Å². The molecule has 1 fully saturated rings. The number of hydrogen-bond donors (Lipinski definition) is 0. The molecule has 1 saturated heterocycles. The van der Waals surface area contributed by atoms with Crippen molar-refractivity contribution in [1.29, 1.82) is 0 Å². The fourth-order valence-corrected chi connectivity index (χ4v) is 3.53. The van der Waals surface area contributed by atoms with Crippen molar-refractivity contribution in [3.8, 4) is 5.69 Å². The molecular weight excluding hydrogens is 373 g/mol. The van der Waals surface area contributed by atoms with Gasteiger partial charge in [-0.2, -0.15) is 5.10 Å². The van der Waals surface area contributed by atoms with Crippen LogP contribution in [0.3, 0.4) is 0 Å². The Balaban J connectivity index is 1.73. The maximum absolute atomic E-state index is 13.2. The molecule has 1 aromatic carbocycles. The zero-order valence-corrected chi connectivity index (χ0v) is 17.3. The van der Waals surface area contributed by atoms with Gasteiger partial charge in [-0.3, -0.25) is 14.5 Å². The minimum atomic E-state index is -0.308. The molecule has 1 aromatic heterocycles. The fourth-order valence-electron chi connectivity index (χ4n) is 3.53. The van der Waals surface area contributed by atoms with Gasteiger partial charge in [-0.15, -0.1) is 0 Å². The second kappa shape index (κ2) is 9.17. The van der Waals surface area contributed by atoms with Crippen molar-refractivity contribution in [3.63, 3.8) is 0 Å². The fraction of sp³-hybridized carbons (Fsp3) is 0.476. The number of benzene rings is 1. The quantitative estimate of drug-likeness (QED) is 0.767. The first kappa shape index (κ1) is 21.0. The van der Waals surface area contributed by atoms with E-state index in [4.69, 9.17) is 0 Å². The molecule has 3 rings (SSSR count). The first-order chi connectivity index (χ1) is 13.9. The third-order valence-corrected chi connectivity index (χ3v) is 5.24. The van der Waals surface area contributed by atoms with E-state index in [2.05, 4.69) is 10.00 Å². The molecule has 0 aliphatic carbocycles. The van der Waals surface area contributed by atoms with E-state index in [0.29, 0.717) is 38.2 Å². The van der Waals surface area contributed by atoms with Crippen LogP contribution in [0.2, 0.25) is 0 Å². The SMILES string of the molecule is CCc1c(C(=O)N2CCCN(CC(=O)N(C)C)CC2)cnn1-c1ccc(F)cc1. The molecule has 0 bridgehead atoms. The number of likely N-dealkylation sites (N-methyl/N-ethyl adjacent to an activating group) is 1. The minimum absolute atomic E-state index is 0.0454. The average Bonchev–Trinajstić information content (AvgIpc) is 3.00. The summed E-state index contributed by atoms with van der Waals surface area (Å²) in [4.78, 5) is 30.7. The lowest BCUT2D eigenvalue weighted by atomic mass is 10.1. The summed E-state index contributed by atoms with van der Waals surface area (Å²) in [5.74, 6) is -0.285. The number of aromatic nitrogens is 2. The van der Waals surface area contributed by atoms with Crippen LogP contribution >= 0.6 is 0 Å². The molecule has 156 valence electrons. The van der Waals surface area contributed by atoms with Crippen LogP contribution < -0.4 is 0 Å². The lowest BCUT2D eigenvalue weighted by Crippen LogP contribution is -2.39. The highest BCUT2D eigenvalue weighted by atomic mass is 19.1. The third kappa shape index (κ3) is 4.82. The Bertz CT molecular complexity index is 862. The molecule has 29 heavy (non-hydrogen) atoms. The molecule has 0 atom stereocenters. The molecule has 2 heterocycles. The van der Waals surface area contributed by atoms with Gasteiger partial charge in [0.15, 0.2) is 0 Å². The van der Waals surface area contributed by atoms with E-state index in [1.54, 1.807) is 42.0 Å². The Morgan fingerprint density at radius 3 is 2.48 bits per heavy atom. The van der Waals surface area contributed by atoms with Gasteiger partial charge in [0.1, 0.15) is 5.82 Å². The Morgan fingerprint density at radius 2 is 1.83 bits per heavy atom. The Kier molecular flexibility index (Phi) is 6.64. The summed E-state index contributed by atoms with van der Waals surface area (Å²) < 4.78 is 14.9. The van der Waals surface area contributed by atoms with Gasteiger partial charge in [0.05, 0.1) is 29.7 Å². The summed E-state index contributed by atoms with van der Waals surface area (Å²) in [6, 6.07) is 6.08. The van der Waals surface area contributed by atoms with Crippen LogP contribution in [0, 0.1) is 5.82 Å². The topological polar surface area (TPSA) is 61.7 Å². The molecule has 2 amide bonds. The van der Waals surface area contributed by atoms with Gasteiger partial charge < -0.3 is 9.80 Å². The molecule has 0 saturated carbocycles. The Labute approximate surface area is 170 Å². The summed E-state index contributed by atoms with van der Waals surface area (Å²) in [5.41, 5.74) is 2.12. The summed E-state index contributed by atoms with van der Waals surface area (Å²) in [5, 5.41) is 4.39. The van der Waals surface area contributed by atoms with Gasteiger partial charge in [0, 0.05) is 40.3 Å². The van der Waals surface area contributed by atoms with Crippen molar-refractivity contribution in [3.05, 3.63) is 47.5 Å². The van der Waals surface area contributed by atoms with Gasteiger partial charge in [0.2, 0.25) is 5.91 Å². The highest BCUT2D eigenvalue weighted by Gasteiger charge is 2.25. The van der Waals surface area contributed by atoms with Crippen molar-refractivity contribution in [2.45, 2.75) is 19.8 Å². The predicted molar refractivity (Wildman–Crippen MR) is 109 cm³/mol. The molecule has 2 aromatic rings. The average molecular weight is 401 g/mol. The molecule has 0 N–H and O–H groups in total. The van der Waals surface area contributed by atoms with Crippen LogP contribution in [0.25, 0.3) is 5.69 Å². The first-order valence-electron chi connectivity index (χ1n) is 9.95. The normalized spacial score (nSPS) is 15.2. The van der Waals surface area contributed by atoms with Gasteiger partial charge >= 0.3 is 0 Å². The number of hydrogen-bond acceptors (Lipinski definition) is 4. The van der Waals surface area contributed by atoms with Crippen LogP contribution in [-0.2, 0) is 11.2 Å². The standard InChI is InChI=1S/C21H28FN5O2/c1-4-19-18(14-23-27(19)17-8-6-16(22)7-9-17)21(29)26-11-5-10-25(12-13-26)15-20(28)24(2)3/h6-9,14H,4-5,10-13,15H2,1-3H3. The van der Waals surface area contributed by atoms with Crippen molar-refractivity contribution in [2.75, 3.05) is 46.8 Å². The summed E-state index contributed by atoms with van der Waals surface area (Å²) in [6.45, 7) is 5.03. The summed E-state index contributed by atoms with van der Waals surface area (Å²) in [7, 11) is 3.50. The zero-order valence-electron chi connectivity index (χ0n) is 17.3. The van der Waals surface area contributed by atoms with Gasteiger partial charge in [-0.25, -0.2) is 9.07 Å². The number of halogens is 1. The molecule has 0 spiro atoms. The monoisotopic (exact) mass is 401 g/mol. The van der Waals surface area contributed by atoms with Gasteiger partial charge in [-0.05, 0) is 37.1 Å². The molecule has 8 heteroatoms. The second-order valence-corrected chi connectivity index (χ2v) is 7.46. The maximum atomic E-state index is 13.2.